The number of fused-ring (bicyclic) bond motifs is 1. The summed E-state index contributed by atoms with van der Waals surface area (Å²) in [4.78, 5) is 7.49. The maximum Gasteiger partial charge on any atom is 0.133 e. The highest BCUT2D eigenvalue weighted by atomic mass is 19.1. The van der Waals surface area contributed by atoms with Crippen LogP contribution in [0.1, 0.15) is 22.5 Å². The van der Waals surface area contributed by atoms with Gasteiger partial charge in [0.2, 0.25) is 0 Å². The van der Waals surface area contributed by atoms with E-state index in [4.69, 9.17) is 4.74 Å². The van der Waals surface area contributed by atoms with Gasteiger partial charge in [0, 0.05) is 17.5 Å². The SMILES string of the molecule is Fc1cccc(F)c1COCc1nc2c(Cc3c(F)cccc3F)cccc2[nH]1. The Hall–Kier alpha value is -3.19. The van der Waals surface area contributed by atoms with Gasteiger partial charge in [-0.1, -0.05) is 24.3 Å². The number of para-hydroxylation sites is 1. The van der Waals surface area contributed by atoms with Gasteiger partial charge in [0.25, 0.3) is 0 Å². The van der Waals surface area contributed by atoms with Crippen LogP contribution in [-0.2, 0) is 24.4 Å². The number of halogens is 4. The molecule has 0 saturated carbocycles. The first-order valence-corrected chi connectivity index (χ1v) is 8.93. The van der Waals surface area contributed by atoms with Gasteiger partial charge in [0.15, 0.2) is 0 Å². The number of hydrogen-bond acceptors (Lipinski definition) is 2. The summed E-state index contributed by atoms with van der Waals surface area (Å²) in [6.45, 7) is -0.251. The summed E-state index contributed by atoms with van der Waals surface area (Å²) in [6.07, 6.45) is 0.0431. The van der Waals surface area contributed by atoms with Crippen molar-refractivity contribution >= 4 is 11.0 Å². The molecule has 1 heterocycles. The minimum Gasteiger partial charge on any atom is -0.369 e. The monoisotopic (exact) mass is 400 g/mol. The summed E-state index contributed by atoms with van der Waals surface area (Å²) >= 11 is 0. The molecule has 29 heavy (non-hydrogen) atoms. The van der Waals surface area contributed by atoms with Gasteiger partial charge in [0.05, 0.1) is 17.6 Å². The molecule has 4 aromatic rings. The average molecular weight is 400 g/mol. The van der Waals surface area contributed by atoms with E-state index in [1.165, 1.54) is 24.3 Å². The minimum atomic E-state index is -0.677. The second-order valence-corrected chi connectivity index (χ2v) is 6.57. The minimum absolute atomic E-state index is 0.00401. The second-order valence-electron chi connectivity index (χ2n) is 6.57. The van der Waals surface area contributed by atoms with Gasteiger partial charge in [0.1, 0.15) is 35.7 Å². The van der Waals surface area contributed by atoms with Crippen molar-refractivity contribution in [2.75, 3.05) is 0 Å². The third-order valence-electron chi connectivity index (χ3n) is 4.62. The van der Waals surface area contributed by atoms with E-state index in [0.717, 1.165) is 12.1 Å². The summed E-state index contributed by atoms with van der Waals surface area (Å²) in [7, 11) is 0. The van der Waals surface area contributed by atoms with Crippen molar-refractivity contribution in [3.8, 4) is 0 Å². The third kappa shape index (κ3) is 4.00. The fourth-order valence-electron chi connectivity index (χ4n) is 3.17. The van der Waals surface area contributed by atoms with Crippen molar-refractivity contribution in [1.29, 1.82) is 0 Å². The Kier molecular flexibility index (Phi) is 5.31. The van der Waals surface area contributed by atoms with Crippen LogP contribution in [0.5, 0.6) is 0 Å². The van der Waals surface area contributed by atoms with Crippen LogP contribution in [-0.4, -0.2) is 9.97 Å². The molecule has 4 rings (SSSR count). The molecule has 1 aromatic heterocycles. The lowest BCUT2D eigenvalue weighted by Gasteiger charge is -2.06. The summed E-state index contributed by atoms with van der Waals surface area (Å²) in [5.74, 6) is -2.15. The van der Waals surface area contributed by atoms with Crippen LogP contribution in [0.4, 0.5) is 17.6 Å². The number of imidazole rings is 1. The smallest absolute Gasteiger partial charge is 0.133 e. The molecule has 0 aliphatic carbocycles. The lowest BCUT2D eigenvalue weighted by molar-refractivity contribution is 0.0977. The first-order chi connectivity index (χ1) is 14.0. The summed E-state index contributed by atoms with van der Waals surface area (Å²) in [5.41, 5.74) is 1.70. The van der Waals surface area contributed by atoms with Gasteiger partial charge >= 0.3 is 0 Å². The highest BCUT2D eigenvalue weighted by Gasteiger charge is 2.14. The number of nitrogens with zero attached hydrogens (tertiary/aromatic N) is 1. The first kappa shape index (κ1) is 19.1. The summed E-state index contributed by atoms with van der Waals surface area (Å²) in [6, 6.07) is 12.6. The molecule has 3 aromatic carbocycles. The Morgan fingerprint density at radius 3 is 1.97 bits per heavy atom. The van der Waals surface area contributed by atoms with Gasteiger partial charge in [-0.3, -0.25) is 0 Å². The van der Waals surface area contributed by atoms with E-state index in [9.17, 15) is 17.6 Å². The van der Waals surface area contributed by atoms with E-state index in [-0.39, 0.29) is 30.8 Å². The molecule has 0 spiro atoms. The van der Waals surface area contributed by atoms with E-state index < -0.39 is 23.3 Å². The van der Waals surface area contributed by atoms with E-state index in [1.807, 2.05) is 0 Å². The van der Waals surface area contributed by atoms with Crippen LogP contribution in [0.2, 0.25) is 0 Å². The average Bonchev–Trinajstić information content (AvgIpc) is 3.11. The number of nitrogens with one attached hydrogen (secondary N) is 1. The van der Waals surface area contributed by atoms with Crippen molar-refractivity contribution in [3.05, 3.63) is 100 Å². The van der Waals surface area contributed by atoms with E-state index in [2.05, 4.69) is 9.97 Å². The molecule has 0 amide bonds. The molecular weight excluding hydrogens is 384 g/mol. The molecule has 0 unspecified atom stereocenters. The van der Waals surface area contributed by atoms with Gasteiger partial charge in [-0.25, -0.2) is 22.5 Å². The fourth-order valence-corrected chi connectivity index (χ4v) is 3.17. The Morgan fingerprint density at radius 1 is 0.724 bits per heavy atom. The molecule has 0 atom stereocenters. The van der Waals surface area contributed by atoms with Crippen LogP contribution in [0, 0.1) is 23.3 Å². The fraction of sp³-hybridized carbons (Fsp3) is 0.136. The predicted octanol–water partition coefficient (Wildman–Crippen LogP) is 5.43. The number of ether oxygens (including phenoxy) is 1. The van der Waals surface area contributed by atoms with Crippen LogP contribution in [0.15, 0.2) is 54.6 Å². The van der Waals surface area contributed by atoms with E-state index in [0.29, 0.717) is 22.4 Å². The molecule has 0 bridgehead atoms. The van der Waals surface area contributed by atoms with E-state index in [1.54, 1.807) is 18.2 Å². The lowest BCUT2D eigenvalue weighted by Crippen LogP contribution is -2.01. The molecule has 148 valence electrons. The number of aromatic amines is 1. The van der Waals surface area contributed by atoms with Crippen molar-refractivity contribution in [1.82, 2.24) is 9.97 Å². The predicted molar refractivity (Wildman–Crippen MR) is 100 cm³/mol. The second kappa shape index (κ2) is 8.05. The number of H-pyrrole nitrogens is 1. The standard InChI is InChI=1S/C22H16F4N2O/c23-16-5-2-6-17(24)14(16)10-13-4-1-9-20-22(13)28-21(27-20)12-29-11-15-18(25)7-3-8-19(15)26/h1-9H,10-12H2,(H,27,28). The van der Waals surface area contributed by atoms with Crippen LogP contribution in [0.3, 0.4) is 0 Å². The van der Waals surface area contributed by atoms with Gasteiger partial charge < -0.3 is 9.72 Å². The molecule has 1 N–H and O–H groups in total. The van der Waals surface area contributed by atoms with Crippen LogP contribution >= 0.6 is 0 Å². The number of hydrogen-bond donors (Lipinski definition) is 1. The van der Waals surface area contributed by atoms with Crippen LogP contribution < -0.4 is 0 Å². The zero-order chi connectivity index (χ0) is 20.4. The Bertz CT molecular complexity index is 1130. The summed E-state index contributed by atoms with van der Waals surface area (Å²) in [5, 5.41) is 0. The molecule has 0 aliphatic heterocycles. The molecule has 3 nitrogen and oxygen atoms in total. The molecular formula is C22H16F4N2O. The van der Waals surface area contributed by atoms with Crippen molar-refractivity contribution < 1.29 is 22.3 Å². The third-order valence-corrected chi connectivity index (χ3v) is 4.62. The molecule has 0 fully saturated rings. The molecule has 0 radical (unpaired) electrons. The molecule has 0 aliphatic rings. The van der Waals surface area contributed by atoms with Crippen molar-refractivity contribution in [3.63, 3.8) is 0 Å². The van der Waals surface area contributed by atoms with Gasteiger partial charge in [-0.15, -0.1) is 0 Å². The highest BCUT2D eigenvalue weighted by Crippen LogP contribution is 2.23. The Balaban J connectivity index is 1.53. The van der Waals surface area contributed by atoms with Gasteiger partial charge in [-0.2, -0.15) is 0 Å². The number of rotatable bonds is 6. The zero-order valence-corrected chi connectivity index (χ0v) is 15.2. The van der Waals surface area contributed by atoms with Crippen molar-refractivity contribution in [2.24, 2.45) is 0 Å². The van der Waals surface area contributed by atoms with Crippen LogP contribution in [0.25, 0.3) is 11.0 Å². The number of aromatic nitrogens is 2. The molecule has 7 heteroatoms. The zero-order valence-electron chi connectivity index (χ0n) is 15.2. The number of benzene rings is 3. The highest BCUT2D eigenvalue weighted by molar-refractivity contribution is 5.79. The molecule has 0 saturated heterocycles. The first-order valence-electron chi connectivity index (χ1n) is 8.93. The van der Waals surface area contributed by atoms with E-state index >= 15 is 0 Å². The largest absolute Gasteiger partial charge is 0.369 e. The van der Waals surface area contributed by atoms with Crippen molar-refractivity contribution in [2.45, 2.75) is 19.6 Å². The normalized spacial score (nSPS) is 11.3. The Labute approximate surface area is 164 Å². The topological polar surface area (TPSA) is 37.9 Å². The Morgan fingerprint density at radius 2 is 1.31 bits per heavy atom. The maximum absolute atomic E-state index is 14.0. The quantitative estimate of drug-likeness (QED) is 0.439. The lowest BCUT2D eigenvalue weighted by atomic mass is 10.0. The summed E-state index contributed by atoms with van der Waals surface area (Å²) < 4.78 is 60.7. The maximum atomic E-state index is 14.0. The van der Waals surface area contributed by atoms with Gasteiger partial charge in [-0.05, 0) is 35.9 Å².